The number of rotatable bonds is 3. The SMILES string of the molecule is C[C@H](Oc1ccc2c(c1)OCc1ccc(Br)cc1-2)C(N)=O. The van der Waals surface area contributed by atoms with E-state index >= 15 is 0 Å². The van der Waals surface area contributed by atoms with E-state index in [1.807, 2.05) is 24.3 Å². The molecule has 108 valence electrons. The number of hydrogen-bond acceptors (Lipinski definition) is 3. The van der Waals surface area contributed by atoms with E-state index in [1.165, 1.54) is 0 Å². The topological polar surface area (TPSA) is 61.6 Å². The molecule has 21 heavy (non-hydrogen) atoms. The van der Waals surface area contributed by atoms with Gasteiger partial charge in [-0.25, -0.2) is 0 Å². The lowest BCUT2D eigenvalue weighted by Gasteiger charge is -2.22. The monoisotopic (exact) mass is 347 g/mol. The highest BCUT2D eigenvalue weighted by molar-refractivity contribution is 9.10. The van der Waals surface area contributed by atoms with Crippen LogP contribution in [0, 0.1) is 0 Å². The molecule has 0 aromatic heterocycles. The summed E-state index contributed by atoms with van der Waals surface area (Å²) in [7, 11) is 0. The standard InChI is InChI=1S/C16H14BrNO3/c1-9(16(18)19)21-12-4-5-13-14-6-11(17)3-2-10(14)8-20-15(13)7-12/h2-7,9H,8H2,1H3,(H2,18,19)/t9-/m0/s1. The predicted octanol–water partition coefficient (Wildman–Crippen LogP) is 3.26. The minimum atomic E-state index is -0.673. The first-order valence-corrected chi connectivity index (χ1v) is 7.35. The Hall–Kier alpha value is -2.01. The molecule has 1 heterocycles. The molecule has 0 radical (unpaired) electrons. The molecule has 0 saturated heterocycles. The number of fused-ring (bicyclic) bond motifs is 3. The van der Waals surface area contributed by atoms with E-state index < -0.39 is 12.0 Å². The van der Waals surface area contributed by atoms with E-state index in [-0.39, 0.29) is 0 Å². The lowest BCUT2D eigenvalue weighted by atomic mass is 9.97. The third kappa shape index (κ3) is 2.74. The van der Waals surface area contributed by atoms with Gasteiger partial charge in [0.2, 0.25) is 0 Å². The molecule has 1 amide bonds. The van der Waals surface area contributed by atoms with E-state index in [0.29, 0.717) is 12.4 Å². The number of amides is 1. The summed E-state index contributed by atoms with van der Waals surface area (Å²) in [5.74, 6) is 0.816. The van der Waals surface area contributed by atoms with Gasteiger partial charge in [0.1, 0.15) is 18.1 Å². The summed E-state index contributed by atoms with van der Waals surface area (Å²) < 4.78 is 12.3. The number of hydrogen-bond donors (Lipinski definition) is 1. The van der Waals surface area contributed by atoms with Crippen LogP contribution >= 0.6 is 15.9 Å². The fourth-order valence-electron chi connectivity index (χ4n) is 2.26. The van der Waals surface area contributed by atoms with E-state index in [9.17, 15) is 4.79 Å². The molecular weight excluding hydrogens is 334 g/mol. The van der Waals surface area contributed by atoms with E-state index in [1.54, 1.807) is 13.0 Å². The Balaban J connectivity index is 1.96. The van der Waals surface area contributed by atoms with Crippen LogP contribution < -0.4 is 15.2 Å². The quantitative estimate of drug-likeness (QED) is 0.926. The van der Waals surface area contributed by atoms with Crippen LogP contribution in [0.5, 0.6) is 11.5 Å². The van der Waals surface area contributed by atoms with Crippen molar-refractivity contribution in [2.24, 2.45) is 5.73 Å². The Morgan fingerprint density at radius 2 is 2.10 bits per heavy atom. The van der Waals surface area contributed by atoms with Crippen molar-refractivity contribution in [1.29, 1.82) is 0 Å². The van der Waals surface area contributed by atoms with Crippen LogP contribution in [-0.4, -0.2) is 12.0 Å². The highest BCUT2D eigenvalue weighted by atomic mass is 79.9. The van der Waals surface area contributed by atoms with Crippen molar-refractivity contribution in [3.63, 3.8) is 0 Å². The molecule has 0 saturated carbocycles. The Bertz CT molecular complexity index is 715. The predicted molar refractivity (Wildman–Crippen MR) is 83.2 cm³/mol. The van der Waals surface area contributed by atoms with Gasteiger partial charge in [-0.15, -0.1) is 0 Å². The molecule has 1 aliphatic heterocycles. The first-order valence-electron chi connectivity index (χ1n) is 6.56. The number of carbonyl (C=O) groups excluding carboxylic acids is 1. The molecule has 1 aliphatic rings. The largest absolute Gasteiger partial charge is 0.488 e. The van der Waals surface area contributed by atoms with Gasteiger partial charge >= 0.3 is 0 Å². The zero-order valence-corrected chi connectivity index (χ0v) is 13.0. The van der Waals surface area contributed by atoms with Crippen LogP contribution in [0.15, 0.2) is 40.9 Å². The summed E-state index contributed by atoms with van der Waals surface area (Å²) in [6, 6.07) is 11.7. The fraction of sp³-hybridized carbons (Fsp3) is 0.188. The van der Waals surface area contributed by atoms with E-state index in [2.05, 4.69) is 22.0 Å². The summed E-state index contributed by atoms with van der Waals surface area (Å²) in [5, 5.41) is 0. The Morgan fingerprint density at radius 1 is 1.29 bits per heavy atom. The van der Waals surface area contributed by atoms with Crippen LogP contribution in [-0.2, 0) is 11.4 Å². The van der Waals surface area contributed by atoms with Gasteiger partial charge in [-0.3, -0.25) is 4.79 Å². The molecule has 4 nitrogen and oxygen atoms in total. The molecule has 0 fully saturated rings. The number of benzene rings is 2. The zero-order chi connectivity index (χ0) is 15.0. The fourth-order valence-corrected chi connectivity index (χ4v) is 2.62. The van der Waals surface area contributed by atoms with Crippen LogP contribution in [0.1, 0.15) is 12.5 Å². The van der Waals surface area contributed by atoms with Gasteiger partial charge < -0.3 is 15.2 Å². The number of primary amides is 1. The smallest absolute Gasteiger partial charge is 0.258 e. The van der Waals surface area contributed by atoms with Gasteiger partial charge in [0.05, 0.1) is 0 Å². The number of nitrogens with two attached hydrogens (primary N) is 1. The van der Waals surface area contributed by atoms with Crippen molar-refractivity contribution in [3.8, 4) is 22.6 Å². The summed E-state index contributed by atoms with van der Waals surface area (Å²) in [5.41, 5.74) is 8.49. The molecule has 0 bridgehead atoms. The third-order valence-corrected chi connectivity index (χ3v) is 3.91. The molecule has 2 aromatic carbocycles. The lowest BCUT2D eigenvalue weighted by Crippen LogP contribution is -2.30. The number of carbonyl (C=O) groups is 1. The molecule has 0 spiro atoms. The van der Waals surface area contributed by atoms with Crippen LogP contribution in [0.25, 0.3) is 11.1 Å². The van der Waals surface area contributed by atoms with Crippen molar-refractivity contribution >= 4 is 21.8 Å². The first-order chi connectivity index (χ1) is 10.0. The Labute approximate surface area is 131 Å². The summed E-state index contributed by atoms with van der Waals surface area (Å²) in [6.45, 7) is 2.14. The lowest BCUT2D eigenvalue weighted by molar-refractivity contribution is -0.123. The Kier molecular flexibility index (Phi) is 3.59. The number of halogens is 1. The second-order valence-electron chi connectivity index (χ2n) is 4.91. The van der Waals surface area contributed by atoms with Gasteiger partial charge in [-0.1, -0.05) is 22.0 Å². The molecule has 2 aromatic rings. The molecule has 5 heteroatoms. The molecule has 0 aliphatic carbocycles. The summed E-state index contributed by atoms with van der Waals surface area (Å²) in [6.07, 6.45) is -0.673. The van der Waals surface area contributed by atoms with Gasteiger partial charge in [0, 0.05) is 16.1 Å². The van der Waals surface area contributed by atoms with Crippen molar-refractivity contribution in [3.05, 3.63) is 46.4 Å². The van der Waals surface area contributed by atoms with Gasteiger partial charge in [-0.05, 0) is 42.3 Å². The van der Waals surface area contributed by atoms with Crippen molar-refractivity contribution in [2.75, 3.05) is 0 Å². The maximum atomic E-state index is 11.1. The highest BCUT2D eigenvalue weighted by Gasteiger charge is 2.19. The molecule has 1 atom stereocenters. The van der Waals surface area contributed by atoms with Crippen LogP contribution in [0.2, 0.25) is 0 Å². The minimum Gasteiger partial charge on any atom is -0.488 e. The van der Waals surface area contributed by atoms with Crippen molar-refractivity contribution in [1.82, 2.24) is 0 Å². The minimum absolute atomic E-state index is 0.497. The molecule has 3 rings (SSSR count). The van der Waals surface area contributed by atoms with E-state index in [0.717, 1.165) is 26.9 Å². The van der Waals surface area contributed by atoms with E-state index in [4.69, 9.17) is 15.2 Å². The zero-order valence-electron chi connectivity index (χ0n) is 11.4. The normalized spacial score (nSPS) is 13.6. The Morgan fingerprint density at radius 3 is 2.86 bits per heavy atom. The second kappa shape index (κ2) is 5.41. The second-order valence-corrected chi connectivity index (χ2v) is 5.83. The van der Waals surface area contributed by atoms with Crippen LogP contribution in [0.4, 0.5) is 0 Å². The maximum Gasteiger partial charge on any atom is 0.258 e. The summed E-state index contributed by atoms with van der Waals surface area (Å²) >= 11 is 3.49. The maximum absolute atomic E-state index is 11.1. The first kappa shape index (κ1) is 13.9. The van der Waals surface area contributed by atoms with Gasteiger partial charge in [-0.2, -0.15) is 0 Å². The molecular formula is C16H14BrNO3. The van der Waals surface area contributed by atoms with Gasteiger partial charge in [0.15, 0.2) is 6.10 Å². The summed E-state index contributed by atoms with van der Waals surface area (Å²) in [4.78, 5) is 11.1. The average molecular weight is 348 g/mol. The number of ether oxygens (including phenoxy) is 2. The van der Waals surface area contributed by atoms with Crippen molar-refractivity contribution in [2.45, 2.75) is 19.6 Å². The molecule has 2 N–H and O–H groups in total. The molecule has 0 unspecified atom stereocenters. The van der Waals surface area contributed by atoms with Crippen molar-refractivity contribution < 1.29 is 14.3 Å². The average Bonchev–Trinajstić information content (AvgIpc) is 2.46. The van der Waals surface area contributed by atoms with Crippen LogP contribution in [0.3, 0.4) is 0 Å². The highest BCUT2D eigenvalue weighted by Crippen LogP contribution is 2.40. The van der Waals surface area contributed by atoms with Gasteiger partial charge in [0.25, 0.3) is 5.91 Å². The third-order valence-electron chi connectivity index (χ3n) is 3.41.